The lowest BCUT2D eigenvalue weighted by Gasteiger charge is -2.62. The number of hydrogen-bond acceptors (Lipinski definition) is 14. The van der Waals surface area contributed by atoms with E-state index in [1.807, 2.05) is 212 Å². The van der Waals surface area contributed by atoms with Crippen molar-refractivity contribution >= 4 is 113 Å². The summed E-state index contributed by atoms with van der Waals surface area (Å²) >= 11 is 0. The van der Waals surface area contributed by atoms with Gasteiger partial charge in [-0.3, -0.25) is 4.79 Å². The van der Waals surface area contributed by atoms with Crippen LogP contribution in [0.1, 0.15) is 6.92 Å². The fraction of sp³-hybridized carbons (Fsp3) is 0.0652. The zero-order valence-electron chi connectivity index (χ0n) is 36.3. The van der Waals surface area contributed by atoms with Gasteiger partial charge < -0.3 is 54.1 Å². The highest BCUT2D eigenvalue weighted by atomic mass is 28.6. The van der Waals surface area contributed by atoms with Crippen LogP contribution in [0, 0.1) is 0 Å². The summed E-state index contributed by atoms with van der Waals surface area (Å²) in [5, 5.41) is 3.66. The number of esters is 1. The van der Waals surface area contributed by atoms with Gasteiger partial charge in [0.15, 0.2) is 0 Å². The number of hydrogen-bond donors (Lipinski definition) is 0. The number of ether oxygens (including phenoxy) is 1. The van der Waals surface area contributed by atoms with Crippen molar-refractivity contribution in [3.8, 4) is 0 Å². The maximum atomic E-state index is 12.7. The standard InChI is InChI=1S/C46H42O14Si8/c1-39(47)48-37-38-61-49-62(40-23-9-2-10-24-40)52-65(43-29-15-5-16-30-43)54-63(50-61,41-25-11-3-12-26-41)56-67(45-33-19-7-20-34-45)57-64(51-61,42-27-13-4-14-28-42)55-66(53-62,44-31-17-6-18-32-44)59-68(58-65,60-67)46-35-21-8-22-36-46/h2-36H,37-38H2,1H3. The molecule has 0 radical (unpaired) electrons. The molecule has 0 spiro atoms. The van der Waals surface area contributed by atoms with E-state index in [4.69, 9.17) is 54.1 Å². The smallest absolute Gasteiger partial charge is 0.466 e. The minimum atomic E-state index is -4.77. The van der Waals surface area contributed by atoms with Gasteiger partial charge in [-0.25, -0.2) is 0 Å². The second-order valence-electron chi connectivity index (χ2n) is 16.5. The summed E-state index contributed by atoms with van der Waals surface area (Å²) in [7, 11) is -38.1. The lowest BCUT2D eigenvalue weighted by Crippen LogP contribution is -2.95. The molecule has 0 saturated carbocycles. The summed E-state index contributed by atoms with van der Waals surface area (Å²) in [5.74, 6) is -0.515. The SMILES string of the molecule is CC(=O)OCC[Si]12O[Si]3(c4ccccc4)O[Si]4(c5ccccc5)O[Si](c5ccccc5)(O1)O[Si]1(c5ccccc5)O[Si](c5ccccc5)(O2)O[Si](c2ccccc2)(O3)O[Si](c2ccccc2)(O4)O1. The Hall–Kier alpha value is -4.73. The maximum absolute atomic E-state index is 12.7. The summed E-state index contributed by atoms with van der Waals surface area (Å²) in [4.78, 5) is 12.7. The average Bonchev–Trinajstić information content (AvgIpc) is 3.35. The van der Waals surface area contributed by atoms with E-state index in [-0.39, 0.29) is 12.7 Å². The molecule has 14 nitrogen and oxygen atoms in total. The molecule has 6 heterocycles. The molecule has 6 aliphatic rings. The first-order valence-corrected chi connectivity index (χ1v) is 36.1. The Balaban J connectivity index is 1.28. The molecule has 0 amide bonds. The van der Waals surface area contributed by atoms with Crippen molar-refractivity contribution < 1.29 is 58.9 Å². The highest BCUT2D eigenvalue weighted by Crippen LogP contribution is 2.49. The number of rotatable bonds is 10. The van der Waals surface area contributed by atoms with Crippen LogP contribution in [0.15, 0.2) is 212 Å². The van der Waals surface area contributed by atoms with Gasteiger partial charge in [0.05, 0.1) is 12.7 Å². The molecule has 6 aliphatic heterocycles. The van der Waals surface area contributed by atoms with E-state index in [0.717, 1.165) is 0 Å². The van der Waals surface area contributed by atoms with Crippen LogP contribution in [0.2, 0.25) is 6.04 Å². The molecule has 8 bridgehead atoms. The van der Waals surface area contributed by atoms with Crippen molar-refractivity contribution in [2.75, 3.05) is 6.61 Å². The van der Waals surface area contributed by atoms with Crippen LogP contribution in [0.25, 0.3) is 0 Å². The van der Waals surface area contributed by atoms with Crippen LogP contribution in [-0.4, -0.2) is 83.0 Å². The molecule has 0 aliphatic carbocycles. The minimum Gasteiger partial charge on any atom is -0.466 e. The highest BCUT2D eigenvalue weighted by molar-refractivity contribution is 7.13. The van der Waals surface area contributed by atoms with Crippen molar-refractivity contribution in [2.45, 2.75) is 13.0 Å². The third-order valence-corrected chi connectivity index (χ3v) is 46.3. The van der Waals surface area contributed by atoms with Gasteiger partial charge in [0.25, 0.3) is 0 Å². The Morgan fingerprint density at radius 2 is 0.485 bits per heavy atom. The molecule has 0 aromatic heterocycles. The normalized spacial score (nSPS) is 33.6. The zero-order valence-corrected chi connectivity index (χ0v) is 44.3. The van der Waals surface area contributed by atoms with E-state index in [9.17, 15) is 4.79 Å². The first-order valence-electron chi connectivity index (χ1n) is 22.1. The van der Waals surface area contributed by atoms with Crippen LogP contribution < -0.4 is 36.3 Å². The molecule has 7 aromatic carbocycles. The largest absolute Gasteiger partial charge is 0.515 e. The predicted molar refractivity (Wildman–Crippen MR) is 263 cm³/mol. The number of benzene rings is 7. The summed E-state index contributed by atoms with van der Waals surface area (Å²) in [5.41, 5.74) is 0. The molecule has 13 rings (SSSR count). The topological polar surface area (TPSA) is 137 Å². The molecule has 0 unspecified atom stereocenters. The quantitative estimate of drug-likeness (QED) is 0.147. The first kappa shape index (κ1) is 44.5. The maximum Gasteiger partial charge on any atom is 0.515 e. The second kappa shape index (κ2) is 17.0. The van der Waals surface area contributed by atoms with Gasteiger partial charge in [-0.1, -0.05) is 212 Å². The molecular formula is C46H42O14Si8. The van der Waals surface area contributed by atoms with Crippen LogP contribution in [-0.2, 0) is 58.9 Å². The van der Waals surface area contributed by atoms with Crippen molar-refractivity contribution in [3.63, 3.8) is 0 Å². The molecule has 0 N–H and O–H groups in total. The summed E-state index contributed by atoms with van der Waals surface area (Å²) in [6.07, 6.45) is 0. The van der Waals surface area contributed by atoms with Gasteiger partial charge in [0.1, 0.15) is 0 Å². The van der Waals surface area contributed by atoms with Crippen molar-refractivity contribution in [1.82, 2.24) is 0 Å². The Morgan fingerprint density at radius 3 is 0.662 bits per heavy atom. The molecule has 22 heteroatoms. The fourth-order valence-corrected chi connectivity index (χ4v) is 55.2. The molecule has 68 heavy (non-hydrogen) atoms. The molecule has 0 atom stereocenters. The minimum absolute atomic E-state index is 0.131. The van der Waals surface area contributed by atoms with Gasteiger partial charge in [-0.2, -0.15) is 0 Å². The van der Waals surface area contributed by atoms with E-state index >= 15 is 0 Å². The van der Waals surface area contributed by atoms with E-state index in [1.54, 1.807) is 0 Å². The van der Waals surface area contributed by atoms with Gasteiger partial charge >= 0.3 is 76.4 Å². The van der Waals surface area contributed by atoms with Crippen molar-refractivity contribution in [2.24, 2.45) is 0 Å². The summed E-state index contributed by atoms with van der Waals surface area (Å²) in [6, 6.07) is 65.8. The molecule has 6 fully saturated rings. The first-order chi connectivity index (χ1) is 33.1. The summed E-state index contributed by atoms with van der Waals surface area (Å²) < 4.78 is 102. The molecular weight excluding hydrogens is 1000 g/mol. The monoisotopic (exact) mass is 1040 g/mol. The molecule has 6 saturated heterocycles. The fourth-order valence-electron chi connectivity index (χ4n) is 8.91. The predicted octanol–water partition coefficient (Wildman–Crippen LogP) is 2.68. The van der Waals surface area contributed by atoms with Crippen LogP contribution in [0.3, 0.4) is 0 Å². The van der Waals surface area contributed by atoms with E-state index < -0.39 is 76.4 Å². The molecule has 7 aromatic rings. The van der Waals surface area contributed by atoms with E-state index in [1.165, 1.54) is 6.92 Å². The lowest BCUT2D eigenvalue weighted by atomic mass is 10.4. The van der Waals surface area contributed by atoms with Crippen molar-refractivity contribution in [1.29, 1.82) is 0 Å². The van der Waals surface area contributed by atoms with Gasteiger partial charge in [-0.05, 0) is 0 Å². The van der Waals surface area contributed by atoms with E-state index in [2.05, 4.69) is 0 Å². The van der Waals surface area contributed by atoms with Gasteiger partial charge in [0.2, 0.25) is 0 Å². The Labute approximate surface area is 401 Å². The number of carbonyl (C=O) groups is 1. The second-order valence-corrected chi connectivity index (χ2v) is 39.9. The Kier molecular flexibility index (Phi) is 11.1. The van der Waals surface area contributed by atoms with Gasteiger partial charge in [-0.15, -0.1) is 0 Å². The Bertz CT molecular complexity index is 2640. The highest BCUT2D eigenvalue weighted by Gasteiger charge is 2.86. The third-order valence-electron chi connectivity index (χ3n) is 11.9. The number of carbonyl (C=O) groups excluding carboxylic acids is 1. The van der Waals surface area contributed by atoms with Crippen LogP contribution in [0.5, 0.6) is 0 Å². The van der Waals surface area contributed by atoms with Crippen LogP contribution >= 0.6 is 0 Å². The van der Waals surface area contributed by atoms with Crippen LogP contribution in [0.4, 0.5) is 0 Å². The third kappa shape index (κ3) is 7.50. The average molecular weight is 1040 g/mol. The zero-order chi connectivity index (χ0) is 46.0. The van der Waals surface area contributed by atoms with Gasteiger partial charge in [0, 0.05) is 43.2 Å². The van der Waals surface area contributed by atoms with Crippen molar-refractivity contribution in [3.05, 3.63) is 212 Å². The lowest BCUT2D eigenvalue weighted by molar-refractivity contribution is -0.140. The summed E-state index contributed by atoms with van der Waals surface area (Å²) in [6.45, 7) is 1.14. The van der Waals surface area contributed by atoms with E-state index in [0.29, 0.717) is 36.3 Å². The Morgan fingerprint density at radius 1 is 0.309 bits per heavy atom. The molecule has 342 valence electrons.